The first-order valence-corrected chi connectivity index (χ1v) is 12.3. The molecule has 0 heterocycles. The van der Waals surface area contributed by atoms with Crippen molar-refractivity contribution in [2.45, 2.75) is 25.7 Å². The van der Waals surface area contributed by atoms with Gasteiger partial charge in [0.15, 0.2) is 0 Å². The molecule has 1 atom stereocenters. The number of hydrogen-bond donors (Lipinski definition) is 1. The van der Waals surface area contributed by atoms with Gasteiger partial charge in [0.2, 0.25) is 0 Å². The highest BCUT2D eigenvalue weighted by Crippen LogP contribution is 2.29. The normalized spacial score (nSPS) is 11.4. The van der Waals surface area contributed by atoms with Gasteiger partial charge >= 0.3 is 12.1 Å². The molecule has 0 bridgehead atoms. The van der Waals surface area contributed by atoms with Crippen LogP contribution in [0.5, 0.6) is 5.75 Å². The van der Waals surface area contributed by atoms with Crippen molar-refractivity contribution in [2.75, 3.05) is 7.11 Å². The van der Waals surface area contributed by atoms with Crippen molar-refractivity contribution in [1.29, 1.82) is 0 Å². The Balaban J connectivity index is 1.70. The smallest absolute Gasteiger partial charge is 0.408 e. The molecule has 0 aliphatic heterocycles. The minimum atomic E-state index is -0.906. The van der Waals surface area contributed by atoms with Gasteiger partial charge in [-0.15, -0.1) is 0 Å². The van der Waals surface area contributed by atoms with Crippen LogP contribution in [0.3, 0.4) is 0 Å². The lowest BCUT2D eigenvalue weighted by Crippen LogP contribution is -2.43. The summed E-state index contributed by atoms with van der Waals surface area (Å²) in [6.45, 7) is 0.228. The minimum absolute atomic E-state index is 0.108. The van der Waals surface area contributed by atoms with Gasteiger partial charge < -0.3 is 19.5 Å². The lowest BCUT2D eigenvalue weighted by atomic mass is 10.1. The Kier molecular flexibility index (Phi) is 9.79. The highest BCUT2D eigenvalue weighted by molar-refractivity contribution is 14.1. The van der Waals surface area contributed by atoms with Crippen molar-refractivity contribution < 1.29 is 23.8 Å². The molecular weight excluding hydrogens is 648 g/mol. The largest absolute Gasteiger partial charge is 0.495 e. The van der Waals surface area contributed by atoms with Crippen LogP contribution in [0.2, 0.25) is 0 Å². The predicted octanol–water partition coefficient (Wildman–Crippen LogP) is 5.49. The monoisotopic (exact) mass is 671 g/mol. The Morgan fingerprint density at radius 2 is 1.33 bits per heavy atom. The number of benzene rings is 3. The molecule has 8 heteroatoms. The van der Waals surface area contributed by atoms with Gasteiger partial charge in [-0.1, -0.05) is 60.7 Å². The number of amides is 1. The van der Waals surface area contributed by atoms with Crippen LogP contribution in [0.15, 0.2) is 72.8 Å². The van der Waals surface area contributed by atoms with Crippen LogP contribution in [-0.4, -0.2) is 25.2 Å². The van der Waals surface area contributed by atoms with E-state index < -0.39 is 18.1 Å². The molecule has 0 aliphatic rings. The number of carbonyl (C=O) groups excluding carboxylic acids is 2. The third kappa shape index (κ3) is 7.88. The maximum atomic E-state index is 12.9. The number of hydrogen-bond acceptors (Lipinski definition) is 5. The average molecular weight is 671 g/mol. The first-order valence-electron chi connectivity index (χ1n) is 10.2. The SMILES string of the molecule is COc1c(I)cc(C[C@H](NC(=O)OCc2ccccc2)C(=O)OCc2ccccc2)cc1I. The summed E-state index contributed by atoms with van der Waals surface area (Å²) >= 11 is 4.37. The van der Waals surface area contributed by atoms with E-state index in [2.05, 4.69) is 50.5 Å². The van der Waals surface area contributed by atoms with Crippen molar-refractivity contribution >= 4 is 57.2 Å². The zero-order chi connectivity index (χ0) is 23.6. The second-order valence-corrected chi connectivity index (χ2v) is 9.47. The molecule has 0 saturated heterocycles. The lowest BCUT2D eigenvalue weighted by Gasteiger charge is -2.19. The van der Waals surface area contributed by atoms with Crippen LogP contribution >= 0.6 is 45.2 Å². The summed E-state index contributed by atoms with van der Waals surface area (Å²) in [4.78, 5) is 25.4. The summed E-state index contributed by atoms with van der Waals surface area (Å²) in [6.07, 6.45) is -0.428. The lowest BCUT2D eigenvalue weighted by molar-refractivity contribution is -0.147. The summed E-state index contributed by atoms with van der Waals surface area (Å²) in [5.74, 6) is 0.245. The van der Waals surface area contributed by atoms with E-state index in [0.717, 1.165) is 29.6 Å². The molecule has 0 fully saturated rings. The second-order valence-electron chi connectivity index (χ2n) is 7.15. The van der Waals surface area contributed by atoms with E-state index in [1.54, 1.807) is 7.11 Å². The zero-order valence-electron chi connectivity index (χ0n) is 17.9. The van der Waals surface area contributed by atoms with Gasteiger partial charge in [-0.3, -0.25) is 0 Å². The van der Waals surface area contributed by atoms with Crippen molar-refractivity contribution in [3.63, 3.8) is 0 Å². The van der Waals surface area contributed by atoms with Crippen LogP contribution in [0.4, 0.5) is 4.79 Å². The van der Waals surface area contributed by atoms with E-state index in [4.69, 9.17) is 14.2 Å². The predicted molar refractivity (Wildman–Crippen MR) is 142 cm³/mol. The molecule has 0 unspecified atom stereocenters. The van der Waals surface area contributed by atoms with Gasteiger partial charge in [-0.2, -0.15) is 0 Å². The summed E-state index contributed by atoms with van der Waals surface area (Å²) in [5.41, 5.74) is 2.59. The summed E-state index contributed by atoms with van der Waals surface area (Å²) in [5, 5.41) is 2.67. The van der Waals surface area contributed by atoms with E-state index in [0.29, 0.717) is 0 Å². The van der Waals surface area contributed by atoms with Crippen LogP contribution in [0.25, 0.3) is 0 Å². The number of ether oxygens (including phenoxy) is 3. The number of carbonyl (C=O) groups is 2. The zero-order valence-corrected chi connectivity index (χ0v) is 22.2. The molecule has 0 aromatic heterocycles. The van der Waals surface area contributed by atoms with Crippen LogP contribution in [-0.2, 0) is 33.9 Å². The molecule has 1 N–H and O–H groups in total. The Morgan fingerprint density at radius 1 is 0.818 bits per heavy atom. The summed E-state index contributed by atoms with van der Waals surface area (Å²) < 4.78 is 18.1. The number of nitrogens with one attached hydrogen (secondary N) is 1. The second kappa shape index (κ2) is 12.8. The third-order valence-electron chi connectivity index (χ3n) is 4.72. The summed E-state index contributed by atoms with van der Waals surface area (Å²) in [7, 11) is 1.62. The molecule has 0 spiro atoms. The molecule has 1 amide bonds. The van der Waals surface area contributed by atoms with E-state index >= 15 is 0 Å². The average Bonchev–Trinajstić information content (AvgIpc) is 2.82. The Hall–Kier alpha value is -2.34. The van der Waals surface area contributed by atoms with Crippen molar-refractivity contribution in [3.8, 4) is 5.75 Å². The van der Waals surface area contributed by atoms with Gasteiger partial charge in [-0.05, 0) is 74.0 Å². The molecule has 0 saturated carbocycles. The van der Waals surface area contributed by atoms with Crippen molar-refractivity contribution in [1.82, 2.24) is 5.32 Å². The third-order valence-corrected chi connectivity index (χ3v) is 6.32. The standard InChI is InChI=1S/C25H23I2NO5/c1-31-23-20(26)12-19(13-21(23)27)14-22(24(29)32-15-17-8-4-2-5-9-17)28-25(30)33-16-18-10-6-3-7-11-18/h2-13,22H,14-16H2,1H3,(H,28,30)/t22-/m0/s1. The molecule has 3 rings (SSSR count). The maximum Gasteiger partial charge on any atom is 0.408 e. The molecule has 0 radical (unpaired) electrons. The van der Waals surface area contributed by atoms with E-state index in [1.165, 1.54) is 0 Å². The molecule has 33 heavy (non-hydrogen) atoms. The fraction of sp³-hybridized carbons (Fsp3) is 0.200. The van der Waals surface area contributed by atoms with Gasteiger partial charge in [0, 0.05) is 6.42 Å². The summed E-state index contributed by atoms with van der Waals surface area (Å²) in [6, 6.07) is 21.7. The first-order chi connectivity index (χ1) is 16.0. The van der Waals surface area contributed by atoms with Crippen molar-refractivity contribution in [3.05, 3.63) is 96.6 Å². The van der Waals surface area contributed by atoms with Crippen LogP contribution in [0, 0.1) is 7.14 Å². The van der Waals surface area contributed by atoms with E-state index in [-0.39, 0.29) is 19.6 Å². The Morgan fingerprint density at radius 3 is 1.85 bits per heavy atom. The molecule has 6 nitrogen and oxygen atoms in total. The van der Waals surface area contributed by atoms with Crippen LogP contribution in [0.1, 0.15) is 16.7 Å². The number of alkyl carbamates (subject to hydrolysis) is 1. The fourth-order valence-corrected chi connectivity index (χ4v) is 5.43. The number of rotatable bonds is 9. The number of methoxy groups -OCH3 is 1. The van der Waals surface area contributed by atoms with Gasteiger partial charge in [0.1, 0.15) is 25.0 Å². The highest BCUT2D eigenvalue weighted by atomic mass is 127. The first kappa shape index (κ1) is 25.3. The van der Waals surface area contributed by atoms with E-state index in [1.807, 2.05) is 72.8 Å². The molecule has 172 valence electrons. The molecule has 3 aromatic rings. The number of esters is 1. The fourth-order valence-electron chi connectivity index (χ4n) is 3.09. The molecule has 0 aliphatic carbocycles. The van der Waals surface area contributed by atoms with Crippen LogP contribution < -0.4 is 10.1 Å². The van der Waals surface area contributed by atoms with E-state index in [9.17, 15) is 9.59 Å². The molecule has 3 aromatic carbocycles. The topological polar surface area (TPSA) is 73.9 Å². The highest BCUT2D eigenvalue weighted by Gasteiger charge is 2.24. The van der Waals surface area contributed by atoms with Gasteiger partial charge in [-0.25, -0.2) is 9.59 Å². The Labute approximate surface area is 220 Å². The number of halogens is 2. The van der Waals surface area contributed by atoms with Gasteiger partial charge in [0.05, 0.1) is 14.3 Å². The quantitative estimate of drug-likeness (QED) is 0.241. The van der Waals surface area contributed by atoms with Gasteiger partial charge in [0.25, 0.3) is 0 Å². The Bertz CT molecular complexity index is 1050. The maximum absolute atomic E-state index is 12.9. The minimum Gasteiger partial charge on any atom is -0.495 e. The molecular formula is C25H23I2NO5. The van der Waals surface area contributed by atoms with Crippen molar-refractivity contribution in [2.24, 2.45) is 0 Å².